The van der Waals surface area contributed by atoms with E-state index >= 15 is 0 Å². The molecule has 0 saturated carbocycles. The first-order valence-corrected chi connectivity index (χ1v) is 5.86. The summed E-state index contributed by atoms with van der Waals surface area (Å²) in [5, 5.41) is 0. The van der Waals surface area contributed by atoms with Gasteiger partial charge in [-0.25, -0.2) is 24.3 Å². The number of hydrogen-bond acceptors (Lipinski definition) is 0. The van der Waals surface area contributed by atoms with E-state index in [1.54, 1.807) is 0 Å². The summed E-state index contributed by atoms with van der Waals surface area (Å²) in [6.45, 7) is 2.16. The maximum Gasteiger partial charge on any atom is 0 e. The standard InChI is InChI=1S/C8H11.C7H9.Ir/c1-2-4-6-8-7-5-3-1;1-2-7-5-3-4-6-7;/h1-3H,4,6-8H2;3-6H,2H2,1H3;/q2*-1;. The average Bonchev–Trinajstić information content (AvgIpc) is 2.69. The molecule has 16 heavy (non-hydrogen) atoms. The van der Waals surface area contributed by atoms with Crippen molar-refractivity contribution in [1.82, 2.24) is 0 Å². The zero-order chi connectivity index (χ0) is 10.8. The summed E-state index contributed by atoms with van der Waals surface area (Å²) in [4.78, 5) is 0. The quantitative estimate of drug-likeness (QED) is 0.620. The summed E-state index contributed by atoms with van der Waals surface area (Å²) in [5.74, 6) is 0. The van der Waals surface area contributed by atoms with E-state index in [9.17, 15) is 0 Å². The zero-order valence-electron chi connectivity index (χ0n) is 9.91. The van der Waals surface area contributed by atoms with Gasteiger partial charge in [0, 0.05) is 20.1 Å². The third-order valence-electron chi connectivity index (χ3n) is 2.43. The van der Waals surface area contributed by atoms with E-state index in [2.05, 4.69) is 49.4 Å². The normalized spacial score (nSPS) is 14.1. The maximum absolute atomic E-state index is 3.18. The largest absolute Gasteiger partial charge is 0.275 e. The van der Waals surface area contributed by atoms with E-state index in [-0.39, 0.29) is 20.1 Å². The molecule has 1 aliphatic carbocycles. The number of aryl methyl sites for hydroxylation is 1. The van der Waals surface area contributed by atoms with Crippen molar-refractivity contribution >= 4 is 0 Å². The average molecular weight is 393 g/mol. The van der Waals surface area contributed by atoms with E-state index in [4.69, 9.17) is 0 Å². The van der Waals surface area contributed by atoms with Crippen molar-refractivity contribution in [1.29, 1.82) is 0 Å². The summed E-state index contributed by atoms with van der Waals surface area (Å²) in [5.41, 5.74) is 1.43. The maximum atomic E-state index is 3.18. The Labute approximate surface area is 113 Å². The van der Waals surface area contributed by atoms with Crippen LogP contribution in [0, 0.1) is 6.08 Å². The predicted octanol–water partition coefficient (Wildman–Crippen LogP) is 4.44. The van der Waals surface area contributed by atoms with Crippen LogP contribution in [0.3, 0.4) is 0 Å². The molecule has 0 aliphatic heterocycles. The minimum atomic E-state index is 0. The van der Waals surface area contributed by atoms with E-state index in [0.717, 1.165) is 12.8 Å². The fourth-order valence-electron chi connectivity index (χ4n) is 1.45. The third kappa shape index (κ3) is 7.73. The molecule has 0 spiro atoms. The second-order valence-electron chi connectivity index (χ2n) is 3.69. The SMILES string of the molecule is CC[c-]1cccc1.[C-]1=CC=CCCCC1.[Ir]. The van der Waals surface area contributed by atoms with Gasteiger partial charge >= 0.3 is 0 Å². The minimum absolute atomic E-state index is 0. The summed E-state index contributed by atoms with van der Waals surface area (Å²) >= 11 is 0. The van der Waals surface area contributed by atoms with Gasteiger partial charge in [0.05, 0.1) is 0 Å². The van der Waals surface area contributed by atoms with Crippen LogP contribution < -0.4 is 0 Å². The van der Waals surface area contributed by atoms with Gasteiger partial charge < -0.3 is 0 Å². The summed E-state index contributed by atoms with van der Waals surface area (Å²) in [6.07, 6.45) is 15.7. The van der Waals surface area contributed by atoms with Gasteiger partial charge in [-0.3, -0.25) is 6.08 Å². The number of allylic oxidation sites excluding steroid dienone is 4. The van der Waals surface area contributed by atoms with Crippen molar-refractivity contribution in [2.24, 2.45) is 0 Å². The molecular formula is C15H20Ir-2. The fourth-order valence-corrected chi connectivity index (χ4v) is 1.45. The Morgan fingerprint density at radius 3 is 2.56 bits per heavy atom. The van der Waals surface area contributed by atoms with Crippen molar-refractivity contribution in [3.63, 3.8) is 0 Å². The molecule has 1 aliphatic rings. The van der Waals surface area contributed by atoms with Gasteiger partial charge in [-0.2, -0.15) is 23.8 Å². The molecule has 1 aromatic carbocycles. The molecule has 0 unspecified atom stereocenters. The van der Waals surface area contributed by atoms with Crippen LogP contribution in [0.15, 0.2) is 42.5 Å². The van der Waals surface area contributed by atoms with Crippen LogP contribution >= 0.6 is 0 Å². The molecule has 2 rings (SSSR count). The van der Waals surface area contributed by atoms with Crippen molar-refractivity contribution in [2.45, 2.75) is 39.0 Å². The Balaban J connectivity index is 0.000000267. The zero-order valence-corrected chi connectivity index (χ0v) is 12.3. The molecule has 91 valence electrons. The Morgan fingerprint density at radius 2 is 1.94 bits per heavy atom. The topological polar surface area (TPSA) is 0 Å². The smallest absolute Gasteiger partial charge is 0 e. The first-order valence-electron chi connectivity index (χ1n) is 5.86. The first-order chi connectivity index (χ1) is 7.43. The van der Waals surface area contributed by atoms with Gasteiger partial charge in [0.1, 0.15) is 0 Å². The Hall–Kier alpha value is -0.521. The predicted molar refractivity (Wildman–Crippen MR) is 66.8 cm³/mol. The molecule has 0 fully saturated rings. The molecule has 1 aromatic rings. The van der Waals surface area contributed by atoms with Crippen LogP contribution in [0.25, 0.3) is 0 Å². The second-order valence-corrected chi connectivity index (χ2v) is 3.69. The van der Waals surface area contributed by atoms with Crippen molar-refractivity contribution in [3.05, 3.63) is 54.1 Å². The number of rotatable bonds is 1. The van der Waals surface area contributed by atoms with Crippen LogP contribution in [0.5, 0.6) is 0 Å². The van der Waals surface area contributed by atoms with E-state index < -0.39 is 0 Å². The van der Waals surface area contributed by atoms with Crippen LogP contribution in [0.1, 0.15) is 38.2 Å². The minimum Gasteiger partial charge on any atom is -0.275 e. The number of hydrogen-bond donors (Lipinski definition) is 0. The van der Waals surface area contributed by atoms with Crippen LogP contribution in [0.2, 0.25) is 0 Å². The monoisotopic (exact) mass is 393 g/mol. The van der Waals surface area contributed by atoms with E-state index in [1.807, 2.05) is 6.08 Å². The van der Waals surface area contributed by atoms with Gasteiger partial charge in [-0.15, -0.1) is 6.42 Å². The van der Waals surface area contributed by atoms with Crippen molar-refractivity contribution in [3.8, 4) is 0 Å². The summed E-state index contributed by atoms with van der Waals surface area (Å²) < 4.78 is 0. The van der Waals surface area contributed by atoms with Crippen LogP contribution in [0.4, 0.5) is 0 Å². The van der Waals surface area contributed by atoms with Gasteiger partial charge in [-0.05, 0) is 0 Å². The molecule has 0 N–H and O–H groups in total. The molecular weight excluding hydrogens is 372 g/mol. The van der Waals surface area contributed by atoms with Gasteiger partial charge in [0.15, 0.2) is 0 Å². The molecule has 0 nitrogen and oxygen atoms in total. The third-order valence-corrected chi connectivity index (χ3v) is 2.43. The molecule has 1 radical (unpaired) electrons. The molecule has 0 saturated heterocycles. The van der Waals surface area contributed by atoms with Crippen molar-refractivity contribution < 1.29 is 20.1 Å². The van der Waals surface area contributed by atoms with E-state index in [0.29, 0.717) is 0 Å². The molecule has 0 aromatic heterocycles. The summed E-state index contributed by atoms with van der Waals surface area (Å²) in [7, 11) is 0. The molecule has 1 heteroatoms. The van der Waals surface area contributed by atoms with Gasteiger partial charge in [-0.1, -0.05) is 32.6 Å². The van der Waals surface area contributed by atoms with Gasteiger partial charge in [0.25, 0.3) is 0 Å². The van der Waals surface area contributed by atoms with Crippen LogP contribution in [-0.2, 0) is 26.5 Å². The van der Waals surface area contributed by atoms with Gasteiger partial charge in [0.2, 0.25) is 0 Å². The fraction of sp³-hybridized carbons (Fsp3) is 0.400. The molecule has 0 amide bonds. The molecule has 0 heterocycles. The Morgan fingerprint density at radius 1 is 1.19 bits per heavy atom. The van der Waals surface area contributed by atoms with Crippen molar-refractivity contribution in [2.75, 3.05) is 0 Å². The Bertz CT molecular complexity index is 266. The van der Waals surface area contributed by atoms with Crippen LogP contribution in [-0.4, -0.2) is 0 Å². The molecule has 0 bridgehead atoms. The molecule has 0 atom stereocenters. The Kier molecular flexibility index (Phi) is 10.6. The summed E-state index contributed by atoms with van der Waals surface area (Å²) in [6, 6.07) is 8.41. The first kappa shape index (κ1) is 15.5. The second kappa shape index (κ2) is 11.0. The van der Waals surface area contributed by atoms with E-state index in [1.165, 1.54) is 24.8 Å².